The van der Waals surface area contributed by atoms with Gasteiger partial charge in [0.1, 0.15) is 0 Å². The lowest BCUT2D eigenvalue weighted by Crippen LogP contribution is -1.91. The second-order valence-corrected chi connectivity index (χ2v) is 1.33. The van der Waals surface area contributed by atoms with Crippen molar-refractivity contribution in [1.29, 1.82) is 0 Å². The highest BCUT2D eigenvalue weighted by Crippen LogP contribution is 1.83. The van der Waals surface area contributed by atoms with E-state index in [0.717, 1.165) is 0 Å². The Morgan fingerprint density at radius 1 is 1.67 bits per heavy atom. The normalized spacial score (nSPS) is 7.11. The minimum Gasteiger partial charge on any atom is -0.481 e. The van der Waals surface area contributed by atoms with E-state index in [2.05, 4.69) is 11.8 Å². The fraction of sp³-hybridized carbons (Fsp3) is 0.333. The molecule has 0 aliphatic rings. The van der Waals surface area contributed by atoms with Crippen LogP contribution in [0.15, 0.2) is 0 Å². The van der Waals surface area contributed by atoms with Crippen LogP contribution in [-0.2, 0) is 9.59 Å². The van der Waals surface area contributed by atoms with Crippen LogP contribution < -0.4 is 0 Å². The zero-order valence-electron chi connectivity index (χ0n) is 4.76. The van der Waals surface area contributed by atoms with Crippen LogP contribution in [0.3, 0.4) is 0 Å². The fourth-order valence-corrected chi connectivity index (χ4v) is 0.283. The third-order valence-corrected chi connectivity index (χ3v) is 0.625. The van der Waals surface area contributed by atoms with Crippen LogP contribution in [0.25, 0.3) is 0 Å². The Kier molecular flexibility index (Phi) is 4.15. The van der Waals surface area contributed by atoms with Crippen molar-refractivity contribution in [3.8, 4) is 11.8 Å². The second kappa shape index (κ2) is 4.85. The first kappa shape index (κ1) is 7.70. The van der Waals surface area contributed by atoms with Gasteiger partial charge in [-0.25, -0.2) is 0 Å². The van der Waals surface area contributed by atoms with Crippen LogP contribution in [0.2, 0.25) is 0 Å². The highest BCUT2D eigenvalue weighted by Gasteiger charge is 1.90. The van der Waals surface area contributed by atoms with Crippen LogP contribution >= 0.6 is 0 Å². The Bertz CT molecular complexity index is 161. The predicted molar refractivity (Wildman–Crippen MR) is 30.7 cm³/mol. The van der Waals surface area contributed by atoms with Gasteiger partial charge in [-0.2, -0.15) is 0 Å². The molecule has 0 aliphatic heterocycles. The molecule has 48 valence electrons. The van der Waals surface area contributed by atoms with Crippen molar-refractivity contribution < 1.29 is 14.7 Å². The molecular weight excluding hydrogens is 120 g/mol. The molecule has 0 aromatic heterocycles. The van der Waals surface area contributed by atoms with Crippen molar-refractivity contribution in [2.75, 3.05) is 0 Å². The van der Waals surface area contributed by atoms with Gasteiger partial charge < -0.3 is 5.11 Å². The van der Waals surface area contributed by atoms with E-state index in [0.29, 0.717) is 6.29 Å². The van der Waals surface area contributed by atoms with E-state index in [-0.39, 0.29) is 12.8 Å². The quantitative estimate of drug-likeness (QED) is 0.420. The second-order valence-electron chi connectivity index (χ2n) is 1.33. The van der Waals surface area contributed by atoms with Crippen molar-refractivity contribution in [3.05, 3.63) is 0 Å². The van der Waals surface area contributed by atoms with Gasteiger partial charge in [0.15, 0.2) is 6.29 Å². The molecule has 0 rings (SSSR count). The monoisotopic (exact) mass is 126 g/mol. The van der Waals surface area contributed by atoms with Crippen LogP contribution in [0.4, 0.5) is 0 Å². The molecular formula is C6H6O3. The summed E-state index contributed by atoms with van der Waals surface area (Å²) in [4.78, 5) is 19.3. The zero-order chi connectivity index (χ0) is 7.11. The summed E-state index contributed by atoms with van der Waals surface area (Å²) in [5.41, 5.74) is 0. The number of carboxylic acid groups (broad SMARTS) is 1. The highest BCUT2D eigenvalue weighted by atomic mass is 16.4. The van der Waals surface area contributed by atoms with Crippen molar-refractivity contribution >= 4 is 12.3 Å². The van der Waals surface area contributed by atoms with Crippen molar-refractivity contribution in [1.82, 2.24) is 0 Å². The molecule has 1 N–H and O–H groups in total. The van der Waals surface area contributed by atoms with Gasteiger partial charge in [-0.1, -0.05) is 5.92 Å². The van der Waals surface area contributed by atoms with E-state index >= 15 is 0 Å². The van der Waals surface area contributed by atoms with Gasteiger partial charge in [0.25, 0.3) is 0 Å². The molecule has 0 aromatic carbocycles. The molecule has 0 aliphatic carbocycles. The SMILES string of the molecule is O=CC#CCCC(=O)O. The topological polar surface area (TPSA) is 54.4 Å². The van der Waals surface area contributed by atoms with E-state index in [4.69, 9.17) is 5.11 Å². The maximum Gasteiger partial charge on any atom is 0.304 e. The molecule has 3 heteroatoms. The summed E-state index contributed by atoms with van der Waals surface area (Å²) in [5, 5.41) is 8.06. The number of aldehydes is 1. The highest BCUT2D eigenvalue weighted by molar-refractivity contribution is 5.73. The third-order valence-electron chi connectivity index (χ3n) is 0.625. The number of aliphatic carboxylic acids is 1. The molecule has 0 saturated carbocycles. The van der Waals surface area contributed by atoms with Gasteiger partial charge in [0.05, 0.1) is 6.42 Å². The van der Waals surface area contributed by atoms with E-state index < -0.39 is 5.97 Å². The van der Waals surface area contributed by atoms with E-state index in [1.807, 2.05) is 0 Å². The Morgan fingerprint density at radius 3 is 2.78 bits per heavy atom. The maximum atomic E-state index is 9.81. The number of rotatable bonds is 2. The summed E-state index contributed by atoms with van der Waals surface area (Å²) in [5.74, 6) is 3.58. The Hall–Kier alpha value is -1.30. The lowest BCUT2D eigenvalue weighted by Gasteiger charge is -1.80. The maximum absolute atomic E-state index is 9.81. The average molecular weight is 126 g/mol. The van der Waals surface area contributed by atoms with Crippen molar-refractivity contribution in [2.24, 2.45) is 0 Å². The van der Waals surface area contributed by atoms with Gasteiger partial charge in [0.2, 0.25) is 0 Å². The lowest BCUT2D eigenvalue weighted by molar-refractivity contribution is -0.136. The summed E-state index contributed by atoms with van der Waals surface area (Å²) in [7, 11) is 0. The van der Waals surface area contributed by atoms with Crippen LogP contribution in [0.5, 0.6) is 0 Å². The molecule has 0 heterocycles. The van der Waals surface area contributed by atoms with Crippen molar-refractivity contribution in [3.63, 3.8) is 0 Å². The van der Waals surface area contributed by atoms with E-state index in [9.17, 15) is 9.59 Å². The number of hydrogen-bond donors (Lipinski definition) is 1. The molecule has 0 radical (unpaired) electrons. The van der Waals surface area contributed by atoms with Crippen LogP contribution in [0, 0.1) is 11.8 Å². The van der Waals surface area contributed by atoms with Gasteiger partial charge >= 0.3 is 5.97 Å². The molecule has 9 heavy (non-hydrogen) atoms. The van der Waals surface area contributed by atoms with Gasteiger partial charge in [0, 0.05) is 6.42 Å². The van der Waals surface area contributed by atoms with Gasteiger partial charge in [-0.15, -0.1) is 0 Å². The summed E-state index contributed by atoms with van der Waals surface area (Å²) < 4.78 is 0. The first-order valence-corrected chi connectivity index (χ1v) is 2.41. The van der Waals surface area contributed by atoms with Gasteiger partial charge in [-0.3, -0.25) is 9.59 Å². The predicted octanol–water partition coefficient (Wildman–Crippen LogP) is 0.0535. The third kappa shape index (κ3) is 6.70. The summed E-state index contributed by atoms with van der Waals surface area (Å²) in [6.07, 6.45) is 0.691. The minimum atomic E-state index is -0.893. The largest absolute Gasteiger partial charge is 0.481 e. The molecule has 0 unspecified atom stereocenters. The van der Waals surface area contributed by atoms with E-state index in [1.165, 1.54) is 0 Å². The fourth-order valence-electron chi connectivity index (χ4n) is 0.283. The smallest absolute Gasteiger partial charge is 0.304 e. The molecule has 0 bridgehead atoms. The average Bonchev–Trinajstić information content (AvgIpc) is 1.80. The summed E-state index contributed by atoms with van der Waals surface area (Å²) >= 11 is 0. The Balaban J connectivity index is 3.29. The number of carbonyl (C=O) groups excluding carboxylic acids is 1. The Morgan fingerprint density at radius 2 is 2.33 bits per heavy atom. The summed E-state index contributed by atoms with van der Waals surface area (Å²) in [6.45, 7) is 0. The molecule has 0 aromatic rings. The van der Waals surface area contributed by atoms with Crippen LogP contribution in [-0.4, -0.2) is 17.4 Å². The van der Waals surface area contributed by atoms with Gasteiger partial charge in [-0.05, 0) is 5.92 Å². The first-order chi connectivity index (χ1) is 4.27. The molecule has 0 amide bonds. The number of carbonyl (C=O) groups is 2. The lowest BCUT2D eigenvalue weighted by atomic mass is 10.3. The van der Waals surface area contributed by atoms with Crippen molar-refractivity contribution in [2.45, 2.75) is 12.8 Å². The molecule has 0 atom stereocenters. The molecule has 3 nitrogen and oxygen atoms in total. The van der Waals surface area contributed by atoms with Crippen LogP contribution in [0.1, 0.15) is 12.8 Å². The summed E-state index contributed by atoms with van der Waals surface area (Å²) in [6, 6.07) is 0. The Labute approximate surface area is 52.7 Å². The standard InChI is InChI=1S/C6H6O3/c7-5-3-1-2-4-6(8)9/h5H,2,4H2,(H,8,9). The van der Waals surface area contributed by atoms with E-state index in [1.54, 1.807) is 0 Å². The molecule has 0 spiro atoms. The molecule has 0 fully saturated rings. The minimum absolute atomic E-state index is 0.000833. The number of hydrogen-bond acceptors (Lipinski definition) is 2. The molecule has 0 saturated heterocycles. The first-order valence-electron chi connectivity index (χ1n) is 2.41. The zero-order valence-corrected chi connectivity index (χ0v) is 4.76. The number of carboxylic acids is 1.